The van der Waals surface area contributed by atoms with Crippen LogP contribution in [0.1, 0.15) is 0 Å². The van der Waals surface area contributed by atoms with Crippen LogP contribution in [0.2, 0.25) is 0 Å². The maximum absolute atomic E-state index is 5.16. The van der Waals surface area contributed by atoms with Gasteiger partial charge >= 0.3 is 106 Å². The number of fused-ring (bicyclic) bond motifs is 1. The van der Waals surface area contributed by atoms with Crippen LogP contribution < -0.4 is 4.74 Å². The monoisotopic (exact) mass is 289 g/mol. The van der Waals surface area contributed by atoms with E-state index >= 15 is 0 Å². The average molecular weight is 288 g/mol. The van der Waals surface area contributed by atoms with E-state index in [9.17, 15) is 0 Å². The molecular formula is C14H11NOSe. The summed E-state index contributed by atoms with van der Waals surface area (Å²) in [6.07, 6.45) is 0. The summed E-state index contributed by atoms with van der Waals surface area (Å²) in [5.74, 6) is 0.885. The molecule has 1 heterocycles. The molecule has 0 saturated heterocycles. The van der Waals surface area contributed by atoms with E-state index in [1.165, 1.54) is 15.4 Å². The summed E-state index contributed by atoms with van der Waals surface area (Å²) >= 11 is 0.424. The summed E-state index contributed by atoms with van der Waals surface area (Å²) in [6.45, 7) is 0. The maximum atomic E-state index is 5.16. The van der Waals surface area contributed by atoms with Gasteiger partial charge in [-0.15, -0.1) is 0 Å². The van der Waals surface area contributed by atoms with E-state index in [1.807, 2.05) is 17.2 Å². The number of benzene rings is 2. The molecule has 0 spiro atoms. The number of methoxy groups -OCH3 is 1. The van der Waals surface area contributed by atoms with Crippen LogP contribution in [0.15, 0.2) is 47.5 Å². The van der Waals surface area contributed by atoms with Crippen molar-refractivity contribution in [3.8, 4) is 16.9 Å². The first kappa shape index (κ1) is 10.6. The fraction of sp³-hybridized carbons (Fsp3) is 0.0714. The van der Waals surface area contributed by atoms with E-state index in [4.69, 9.17) is 4.74 Å². The van der Waals surface area contributed by atoms with Gasteiger partial charge < -0.3 is 0 Å². The third kappa shape index (κ3) is 1.99. The van der Waals surface area contributed by atoms with E-state index in [2.05, 4.69) is 35.3 Å². The second-order valence-corrected chi connectivity index (χ2v) is 5.62. The topological polar surface area (TPSA) is 22.1 Å². The van der Waals surface area contributed by atoms with Crippen LogP contribution in [0.4, 0.5) is 0 Å². The number of ether oxygens (including phenoxy) is 1. The zero-order chi connectivity index (χ0) is 11.7. The molecule has 0 radical (unpaired) electrons. The van der Waals surface area contributed by atoms with Gasteiger partial charge in [0.15, 0.2) is 0 Å². The summed E-state index contributed by atoms with van der Waals surface area (Å²) in [5.41, 5.74) is 3.53. The van der Waals surface area contributed by atoms with E-state index in [0.29, 0.717) is 14.5 Å². The molecule has 0 amide bonds. The molecule has 0 unspecified atom stereocenters. The Labute approximate surface area is 106 Å². The van der Waals surface area contributed by atoms with Gasteiger partial charge in [-0.1, -0.05) is 0 Å². The molecular weight excluding hydrogens is 277 g/mol. The van der Waals surface area contributed by atoms with Crippen molar-refractivity contribution in [1.29, 1.82) is 0 Å². The van der Waals surface area contributed by atoms with Crippen molar-refractivity contribution >= 4 is 24.3 Å². The first-order chi connectivity index (χ1) is 8.36. The van der Waals surface area contributed by atoms with Gasteiger partial charge in [0, 0.05) is 0 Å². The SMILES string of the molecule is COc1ccc(-c2ccc3[se]cnc3c2)cc1. The zero-order valence-corrected chi connectivity index (χ0v) is 11.1. The fourth-order valence-corrected chi connectivity index (χ4v) is 3.20. The Morgan fingerprint density at radius 1 is 1.00 bits per heavy atom. The Kier molecular flexibility index (Phi) is 2.71. The number of hydrogen-bond acceptors (Lipinski definition) is 2. The molecule has 0 aliphatic carbocycles. The van der Waals surface area contributed by atoms with E-state index in [0.717, 1.165) is 11.3 Å². The standard InChI is InChI=1S/C14H11NOSe/c1-16-12-5-2-10(3-6-12)11-4-7-14-13(8-11)15-9-17-14/h2-9H,1H3. The predicted octanol–water partition coefficient (Wildman–Crippen LogP) is 2.97. The van der Waals surface area contributed by atoms with Crippen molar-refractivity contribution in [3.05, 3.63) is 47.5 Å². The number of hydrogen-bond donors (Lipinski definition) is 0. The first-order valence-corrected chi connectivity index (χ1v) is 7.19. The zero-order valence-electron chi connectivity index (χ0n) is 9.38. The van der Waals surface area contributed by atoms with Gasteiger partial charge in [0.05, 0.1) is 0 Å². The Bertz CT molecular complexity index is 643. The summed E-state index contributed by atoms with van der Waals surface area (Å²) in [6, 6.07) is 14.6. The molecule has 3 aromatic rings. The molecule has 0 fully saturated rings. The summed E-state index contributed by atoms with van der Waals surface area (Å²) in [7, 11) is 1.68. The molecule has 0 aliphatic rings. The van der Waals surface area contributed by atoms with Gasteiger partial charge in [0.2, 0.25) is 0 Å². The van der Waals surface area contributed by atoms with Crippen LogP contribution in [-0.4, -0.2) is 26.6 Å². The van der Waals surface area contributed by atoms with Crippen molar-refractivity contribution < 1.29 is 4.74 Å². The molecule has 3 heteroatoms. The van der Waals surface area contributed by atoms with E-state index < -0.39 is 0 Å². The Balaban J connectivity index is 2.06. The van der Waals surface area contributed by atoms with Crippen LogP contribution in [0.25, 0.3) is 20.9 Å². The number of aromatic nitrogens is 1. The molecule has 2 aromatic carbocycles. The minimum absolute atomic E-state index is 0.424. The minimum atomic E-state index is 0.424. The number of nitrogens with zero attached hydrogens (tertiary/aromatic N) is 1. The van der Waals surface area contributed by atoms with Crippen LogP contribution in [0.3, 0.4) is 0 Å². The van der Waals surface area contributed by atoms with Gasteiger partial charge in [-0.05, 0) is 0 Å². The van der Waals surface area contributed by atoms with Crippen LogP contribution in [0, 0.1) is 0 Å². The summed E-state index contributed by atoms with van der Waals surface area (Å²) < 4.78 is 6.53. The predicted molar refractivity (Wildman–Crippen MR) is 70.7 cm³/mol. The summed E-state index contributed by atoms with van der Waals surface area (Å²) in [5, 5.41) is 2.02. The van der Waals surface area contributed by atoms with Gasteiger partial charge in [-0.3, -0.25) is 0 Å². The van der Waals surface area contributed by atoms with Crippen LogP contribution >= 0.6 is 0 Å². The van der Waals surface area contributed by atoms with Crippen LogP contribution in [-0.2, 0) is 0 Å². The van der Waals surface area contributed by atoms with Gasteiger partial charge in [-0.2, -0.15) is 0 Å². The van der Waals surface area contributed by atoms with Crippen molar-refractivity contribution in [2.45, 2.75) is 0 Å². The quantitative estimate of drug-likeness (QED) is 0.676. The van der Waals surface area contributed by atoms with Gasteiger partial charge in [-0.25, -0.2) is 0 Å². The molecule has 17 heavy (non-hydrogen) atoms. The van der Waals surface area contributed by atoms with Crippen molar-refractivity contribution in [1.82, 2.24) is 4.98 Å². The molecule has 1 aromatic heterocycles. The second kappa shape index (κ2) is 4.36. The average Bonchev–Trinajstić information content (AvgIpc) is 2.86. The van der Waals surface area contributed by atoms with E-state index in [-0.39, 0.29) is 0 Å². The normalized spacial score (nSPS) is 10.6. The molecule has 84 valence electrons. The summed E-state index contributed by atoms with van der Waals surface area (Å²) in [4.78, 5) is 4.40. The number of rotatable bonds is 2. The Morgan fingerprint density at radius 2 is 1.76 bits per heavy atom. The first-order valence-electron chi connectivity index (χ1n) is 5.34. The second-order valence-electron chi connectivity index (χ2n) is 3.76. The van der Waals surface area contributed by atoms with E-state index in [1.54, 1.807) is 7.11 Å². The fourth-order valence-electron chi connectivity index (χ4n) is 1.82. The van der Waals surface area contributed by atoms with Crippen molar-refractivity contribution in [3.63, 3.8) is 0 Å². The van der Waals surface area contributed by atoms with Crippen LogP contribution in [0.5, 0.6) is 5.75 Å². The van der Waals surface area contributed by atoms with Crippen molar-refractivity contribution in [2.75, 3.05) is 7.11 Å². The molecule has 0 atom stereocenters. The Morgan fingerprint density at radius 3 is 2.53 bits per heavy atom. The van der Waals surface area contributed by atoms with Gasteiger partial charge in [0.1, 0.15) is 0 Å². The molecule has 3 rings (SSSR count). The molecule has 0 saturated carbocycles. The third-order valence-corrected chi connectivity index (χ3v) is 4.45. The Hall–Kier alpha value is -1.57. The molecule has 2 nitrogen and oxygen atoms in total. The third-order valence-electron chi connectivity index (χ3n) is 2.75. The van der Waals surface area contributed by atoms with Gasteiger partial charge in [0.25, 0.3) is 0 Å². The molecule has 0 N–H and O–H groups in total. The van der Waals surface area contributed by atoms with Crippen molar-refractivity contribution in [2.24, 2.45) is 0 Å². The molecule has 0 aliphatic heterocycles. The molecule has 0 bridgehead atoms.